The third-order valence-corrected chi connectivity index (χ3v) is 10.1. The van der Waals surface area contributed by atoms with Gasteiger partial charge in [0.05, 0.1) is 16.4 Å². The number of rotatable bonds is 7. The molecule has 0 bridgehead atoms. The molecule has 0 fully saturated rings. The summed E-state index contributed by atoms with van der Waals surface area (Å²) in [5, 5.41) is 2.29. The second kappa shape index (κ2) is 12.3. The molecular weight excluding hydrogens is 621 g/mol. The lowest BCUT2D eigenvalue weighted by molar-refractivity contribution is 0.765. The van der Waals surface area contributed by atoms with Crippen molar-refractivity contribution in [3.05, 3.63) is 205 Å². The van der Waals surface area contributed by atoms with Gasteiger partial charge < -0.3 is 0 Å². The van der Waals surface area contributed by atoms with Gasteiger partial charge in [-0.25, -0.2) is 4.98 Å². The van der Waals surface area contributed by atoms with E-state index in [0.29, 0.717) is 17.6 Å². The molecule has 0 N–H and O–H groups in total. The fourth-order valence-electron chi connectivity index (χ4n) is 7.94. The van der Waals surface area contributed by atoms with E-state index in [-0.39, 0.29) is 0 Å². The molecule has 1 aliphatic rings. The average molecular weight is 655 g/mol. The average Bonchev–Trinajstić information content (AvgIpc) is 3.68. The van der Waals surface area contributed by atoms with Crippen molar-refractivity contribution in [1.82, 2.24) is 19.5 Å². The molecule has 0 aliphatic heterocycles. The van der Waals surface area contributed by atoms with Crippen molar-refractivity contribution in [2.45, 2.75) is 12.3 Å². The normalized spacial score (nSPS) is 15.4. The lowest BCUT2D eigenvalue weighted by Gasteiger charge is -2.34. The molecule has 51 heavy (non-hydrogen) atoms. The van der Waals surface area contributed by atoms with E-state index in [2.05, 4.69) is 121 Å². The maximum atomic E-state index is 5.20. The quantitative estimate of drug-likeness (QED) is 0.161. The zero-order chi connectivity index (χ0) is 34.4. The molecule has 242 valence electrons. The van der Waals surface area contributed by atoms with Crippen LogP contribution in [0.5, 0.6) is 0 Å². The Labute approximate surface area is 297 Å². The predicted octanol–water partition coefficient (Wildman–Crippen LogP) is 11.3. The molecule has 2 aromatic heterocycles. The summed E-state index contributed by atoms with van der Waals surface area (Å²) in [7, 11) is 0. The number of para-hydroxylation sites is 1. The van der Waals surface area contributed by atoms with Crippen molar-refractivity contribution in [3.63, 3.8) is 0 Å². The van der Waals surface area contributed by atoms with Crippen LogP contribution in [0.4, 0.5) is 0 Å². The summed E-state index contributed by atoms with van der Waals surface area (Å²) < 4.78 is 2.22. The van der Waals surface area contributed by atoms with Gasteiger partial charge in [0, 0.05) is 21.9 Å². The predicted molar refractivity (Wildman–Crippen MR) is 210 cm³/mol. The molecule has 2 heterocycles. The Hall–Kier alpha value is -6.65. The molecule has 0 radical (unpaired) electrons. The highest BCUT2D eigenvalue weighted by Crippen LogP contribution is 2.58. The van der Waals surface area contributed by atoms with E-state index in [4.69, 9.17) is 15.0 Å². The highest BCUT2D eigenvalue weighted by molar-refractivity contribution is 6.12. The number of aromatic nitrogens is 4. The molecule has 0 saturated heterocycles. The SMILES string of the molecule is C=C/C=C\C(=C/C)C1(c2ccccc2)c2ccccc2-c2cc3c4ccccc4n(-c4nc(-c5ccccc5)nc(-c5ccccc5)n4)c3cc21. The second-order valence-electron chi connectivity index (χ2n) is 12.8. The van der Waals surface area contributed by atoms with Crippen molar-refractivity contribution in [3.8, 4) is 39.9 Å². The van der Waals surface area contributed by atoms with E-state index in [1.54, 1.807) is 0 Å². The van der Waals surface area contributed by atoms with Crippen LogP contribution >= 0.6 is 0 Å². The van der Waals surface area contributed by atoms with Gasteiger partial charge in [-0.2, -0.15) is 9.97 Å². The Bertz CT molecular complexity index is 2590. The molecule has 0 spiro atoms. The van der Waals surface area contributed by atoms with Crippen molar-refractivity contribution in [2.75, 3.05) is 0 Å². The summed E-state index contributed by atoms with van der Waals surface area (Å²) in [6.07, 6.45) is 8.33. The molecule has 1 aliphatic carbocycles. The van der Waals surface area contributed by atoms with Crippen molar-refractivity contribution in [1.29, 1.82) is 0 Å². The topological polar surface area (TPSA) is 43.6 Å². The van der Waals surface area contributed by atoms with Gasteiger partial charge in [0.15, 0.2) is 11.6 Å². The molecule has 4 heteroatoms. The van der Waals surface area contributed by atoms with Crippen molar-refractivity contribution >= 4 is 21.8 Å². The number of hydrogen-bond acceptors (Lipinski definition) is 3. The Kier molecular flexibility index (Phi) is 7.36. The highest BCUT2D eigenvalue weighted by Gasteiger charge is 2.47. The van der Waals surface area contributed by atoms with Crippen LogP contribution in [0.15, 0.2) is 188 Å². The molecule has 9 rings (SSSR count). The van der Waals surface area contributed by atoms with Crippen LogP contribution in [-0.4, -0.2) is 19.5 Å². The number of fused-ring (bicyclic) bond motifs is 6. The maximum absolute atomic E-state index is 5.20. The first kappa shape index (κ1) is 30.4. The molecule has 0 amide bonds. The minimum atomic E-state index is -0.569. The lowest BCUT2D eigenvalue weighted by atomic mass is 9.67. The molecule has 6 aromatic carbocycles. The standard InChI is InChI=1S/C47H34N4/c1-3-5-23-34(4-2)47(35-24-13-8-14-25-35)40-28-17-15-26-36(40)38-30-39-37-27-16-18-29-42(37)51(43(39)31-41(38)47)46-49-44(32-19-9-6-10-20-32)48-45(50-46)33-21-11-7-12-22-33/h3-31H,1H2,2H3/b23-5-,34-4+. The molecule has 4 nitrogen and oxygen atoms in total. The second-order valence-corrected chi connectivity index (χ2v) is 12.8. The van der Waals surface area contributed by atoms with E-state index < -0.39 is 5.41 Å². The third-order valence-electron chi connectivity index (χ3n) is 10.1. The summed E-state index contributed by atoms with van der Waals surface area (Å²) in [6, 6.07) is 53.3. The lowest BCUT2D eigenvalue weighted by Crippen LogP contribution is -2.29. The van der Waals surface area contributed by atoms with Crippen molar-refractivity contribution in [2.24, 2.45) is 0 Å². The Morgan fingerprint density at radius 3 is 1.86 bits per heavy atom. The van der Waals surface area contributed by atoms with Crippen LogP contribution in [0.2, 0.25) is 0 Å². The van der Waals surface area contributed by atoms with E-state index in [1.807, 2.05) is 72.8 Å². The molecular formula is C47H34N4. The van der Waals surface area contributed by atoms with E-state index in [0.717, 1.165) is 32.9 Å². The van der Waals surface area contributed by atoms with Gasteiger partial charge in [0.1, 0.15) is 0 Å². The number of nitrogens with zero attached hydrogens (tertiary/aromatic N) is 4. The van der Waals surface area contributed by atoms with Gasteiger partial charge >= 0.3 is 0 Å². The van der Waals surface area contributed by atoms with Gasteiger partial charge in [0.25, 0.3) is 0 Å². The first-order valence-electron chi connectivity index (χ1n) is 17.3. The Morgan fingerprint density at radius 2 is 1.20 bits per heavy atom. The third kappa shape index (κ3) is 4.72. The molecule has 0 saturated carbocycles. The number of benzene rings is 6. The van der Waals surface area contributed by atoms with Crippen LogP contribution in [0.25, 0.3) is 61.7 Å². The smallest absolute Gasteiger partial charge is 0.238 e. The van der Waals surface area contributed by atoms with Gasteiger partial charge in [-0.15, -0.1) is 0 Å². The van der Waals surface area contributed by atoms with E-state index in [9.17, 15) is 0 Å². The van der Waals surface area contributed by atoms with Crippen LogP contribution in [0.3, 0.4) is 0 Å². The van der Waals surface area contributed by atoms with Gasteiger partial charge in [-0.05, 0) is 58.5 Å². The summed E-state index contributed by atoms with van der Waals surface area (Å²) in [5.41, 5.74) is 10.7. The summed E-state index contributed by atoms with van der Waals surface area (Å²) in [4.78, 5) is 15.4. The summed E-state index contributed by atoms with van der Waals surface area (Å²) in [6.45, 7) is 6.14. The fraction of sp³-hybridized carbons (Fsp3) is 0.0426. The fourth-order valence-corrected chi connectivity index (χ4v) is 7.94. The first-order chi connectivity index (χ1) is 25.2. The number of hydrogen-bond donors (Lipinski definition) is 0. The minimum Gasteiger partial charge on any atom is -0.278 e. The maximum Gasteiger partial charge on any atom is 0.238 e. The largest absolute Gasteiger partial charge is 0.278 e. The molecule has 1 unspecified atom stereocenters. The molecule has 1 atom stereocenters. The highest BCUT2D eigenvalue weighted by atomic mass is 15.2. The Balaban J connectivity index is 1.41. The summed E-state index contributed by atoms with van der Waals surface area (Å²) in [5.74, 6) is 1.83. The van der Waals surface area contributed by atoms with Crippen LogP contribution in [-0.2, 0) is 5.41 Å². The zero-order valence-corrected chi connectivity index (χ0v) is 28.2. The summed E-state index contributed by atoms with van der Waals surface area (Å²) >= 11 is 0. The van der Waals surface area contributed by atoms with Gasteiger partial charge in [-0.3, -0.25) is 4.57 Å². The minimum absolute atomic E-state index is 0.569. The van der Waals surface area contributed by atoms with Crippen LogP contribution in [0.1, 0.15) is 23.6 Å². The monoisotopic (exact) mass is 654 g/mol. The van der Waals surface area contributed by atoms with Crippen LogP contribution < -0.4 is 0 Å². The Morgan fingerprint density at radius 1 is 0.588 bits per heavy atom. The molecule has 8 aromatic rings. The zero-order valence-electron chi connectivity index (χ0n) is 28.2. The number of allylic oxidation sites excluding steroid dienone is 5. The van der Waals surface area contributed by atoms with E-state index >= 15 is 0 Å². The van der Waals surface area contributed by atoms with Crippen LogP contribution in [0, 0.1) is 0 Å². The van der Waals surface area contributed by atoms with Crippen molar-refractivity contribution < 1.29 is 0 Å². The van der Waals surface area contributed by atoms with Gasteiger partial charge in [0.2, 0.25) is 5.95 Å². The van der Waals surface area contributed by atoms with Gasteiger partial charge in [-0.1, -0.05) is 164 Å². The first-order valence-corrected chi connectivity index (χ1v) is 17.3. The van der Waals surface area contributed by atoms with E-state index in [1.165, 1.54) is 33.4 Å².